The van der Waals surface area contributed by atoms with Crippen molar-refractivity contribution < 1.29 is 0 Å². The fraction of sp³-hybridized carbons (Fsp3) is 1.00. The van der Waals surface area contributed by atoms with Crippen LogP contribution in [0.3, 0.4) is 0 Å². The molecule has 1 unspecified atom stereocenters. The van der Waals surface area contributed by atoms with E-state index in [0.717, 1.165) is 13.2 Å². The van der Waals surface area contributed by atoms with Gasteiger partial charge in [0.1, 0.15) is 0 Å². The molecule has 0 aliphatic heterocycles. The molecule has 62 valence electrons. The Balaban J connectivity index is 2.89. The van der Waals surface area contributed by atoms with Crippen molar-refractivity contribution in [2.75, 3.05) is 13.2 Å². The SMILES string of the molecule is CCCNCNC(I)CC. The smallest absolute Gasteiger partial charge is 0.0600 e. The zero-order chi connectivity index (χ0) is 7.82. The van der Waals surface area contributed by atoms with Gasteiger partial charge < -0.3 is 5.32 Å². The van der Waals surface area contributed by atoms with E-state index in [2.05, 4.69) is 47.1 Å². The van der Waals surface area contributed by atoms with Gasteiger partial charge >= 0.3 is 0 Å². The van der Waals surface area contributed by atoms with Crippen molar-refractivity contribution in [3.8, 4) is 0 Å². The van der Waals surface area contributed by atoms with Crippen LogP contribution in [0, 0.1) is 0 Å². The highest BCUT2D eigenvalue weighted by Gasteiger charge is 1.95. The summed E-state index contributed by atoms with van der Waals surface area (Å²) >= 11 is 2.41. The molecule has 0 aromatic rings. The molecular weight excluding hydrogens is 239 g/mol. The number of alkyl halides is 1. The lowest BCUT2D eigenvalue weighted by atomic mass is 10.5. The van der Waals surface area contributed by atoms with Gasteiger partial charge in [0, 0.05) is 6.67 Å². The van der Waals surface area contributed by atoms with Gasteiger partial charge in [-0.1, -0.05) is 36.4 Å². The topological polar surface area (TPSA) is 24.1 Å². The van der Waals surface area contributed by atoms with Crippen LogP contribution >= 0.6 is 22.6 Å². The predicted octanol–water partition coefficient (Wildman–Crippen LogP) is 1.70. The average Bonchev–Trinajstić information content (AvgIpc) is 1.98. The summed E-state index contributed by atoms with van der Waals surface area (Å²) in [4.78, 5) is 0. The van der Waals surface area contributed by atoms with Crippen LogP contribution in [-0.2, 0) is 0 Å². The van der Waals surface area contributed by atoms with Crippen molar-refractivity contribution in [3.05, 3.63) is 0 Å². The van der Waals surface area contributed by atoms with E-state index < -0.39 is 0 Å². The van der Waals surface area contributed by atoms with Crippen molar-refractivity contribution >= 4 is 22.6 Å². The first-order valence-corrected chi connectivity index (χ1v) is 5.14. The second kappa shape index (κ2) is 7.75. The van der Waals surface area contributed by atoms with Crippen LogP contribution in [0.5, 0.6) is 0 Å². The van der Waals surface area contributed by atoms with Crippen LogP contribution in [0.1, 0.15) is 26.7 Å². The summed E-state index contributed by atoms with van der Waals surface area (Å²) in [5, 5.41) is 6.63. The molecule has 3 heteroatoms. The third-order valence-corrected chi connectivity index (χ3v) is 2.55. The summed E-state index contributed by atoms with van der Waals surface area (Å²) in [5.74, 6) is 0. The molecule has 0 amide bonds. The second-order valence-corrected chi connectivity index (χ2v) is 3.76. The average molecular weight is 256 g/mol. The van der Waals surface area contributed by atoms with Crippen LogP contribution < -0.4 is 10.6 Å². The Morgan fingerprint density at radius 2 is 2.10 bits per heavy atom. The lowest BCUT2D eigenvalue weighted by Gasteiger charge is -2.09. The highest BCUT2D eigenvalue weighted by Crippen LogP contribution is 1.98. The molecule has 0 aliphatic rings. The van der Waals surface area contributed by atoms with Crippen molar-refractivity contribution in [1.82, 2.24) is 10.6 Å². The van der Waals surface area contributed by atoms with E-state index in [9.17, 15) is 0 Å². The van der Waals surface area contributed by atoms with Gasteiger partial charge in [-0.05, 0) is 19.4 Å². The molecule has 0 aromatic carbocycles. The maximum Gasteiger partial charge on any atom is 0.0600 e. The summed E-state index contributed by atoms with van der Waals surface area (Å²) in [6, 6.07) is 0. The molecule has 0 radical (unpaired) electrons. The molecule has 10 heavy (non-hydrogen) atoms. The van der Waals surface area contributed by atoms with Gasteiger partial charge in [-0.3, -0.25) is 5.32 Å². The molecule has 2 nitrogen and oxygen atoms in total. The van der Waals surface area contributed by atoms with Gasteiger partial charge in [0.2, 0.25) is 0 Å². The summed E-state index contributed by atoms with van der Waals surface area (Å²) < 4.78 is 0.613. The fourth-order valence-corrected chi connectivity index (χ4v) is 0.813. The van der Waals surface area contributed by atoms with Gasteiger partial charge in [-0.2, -0.15) is 0 Å². The summed E-state index contributed by atoms with van der Waals surface area (Å²) in [6.07, 6.45) is 2.40. The van der Waals surface area contributed by atoms with E-state index >= 15 is 0 Å². The Morgan fingerprint density at radius 1 is 1.40 bits per heavy atom. The van der Waals surface area contributed by atoms with Crippen LogP contribution in [0.4, 0.5) is 0 Å². The quantitative estimate of drug-likeness (QED) is 0.248. The largest absolute Gasteiger partial charge is 0.304 e. The first-order chi connectivity index (χ1) is 4.81. The molecule has 0 fully saturated rings. The van der Waals surface area contributed by atoms with E-state index in [1.165, 1.54) is 12.8 Å². The third kappa shape index (κ3) is 6.77. The molecule has 0 spiro atoms. The Bertz CT molecular complexity index is 68.6. The molecule has 1 atom stereocenters. The Morgan fingerprint density at radius 3 is 2.60 bits per heavy atom. The standard InChI is InChI=1S/C7H17IN2/c1-3-5-9-6-10-7(8)4-2/h7,9-10H,3-6H2,1-2H3. The summed E-state index contributed by atoms with van der Waals surface area (Å²) in [7, 11) is 0. The lowest BCUT2D eigenvalue weighted by molar-refractivity contribution is 0.564. The highest BCUT2D eigenvalue weighted by atomic mass is 127. The predicted molar refractivity (Wildman–Crippen MR) is 54.4 cm³/mol. The minimum Gasteiger partial charge on any atom is -0.304 e. The van der Waals surface area contributed by atoms with Crippen LogP contribution in [0.2, 0.25) is 0 Å². The lowest BCUT2D eigenvalue weighted by Crippen LogP contribution is -2.33. The molecule has 0 heterocycles. The molecule has 0 aromatic heterocycles. The zero-order valence-corrected chi connectivity index (χ0v) is 8.94. The van der Waals surface area contributed by atoms with Gasteiger partial charge in [0.15, 0.2) is 0 Å². The Hall–Kier alpha value is 0.650. The molecule has 0 saturated heterocycles. The van der Waals surface area contributed by atoms with E-state index in [0.29, 0.717) is 4.05 Å². The van der Waals surface area contributed by atoms with Crippen LogP contribution in [-0.4, -0.2) is 17.3 Å². The van der Waals surface area contributed by atoms with Gasteiger partial charge in [-0.25, -0.2) is 0 Å². The first kappa shape index (κ1) is 10.7. The van der Waals surface area contributed by atoms with E-state index in [4.69, 9.17) is 0 Å². The van der Waals surface area contributed by atoms with E-state index in [1.54, 1.807) is 0 Å². The molecule has 0 rings (SSSR count). The number of hydrogen-bond donors (Lipinski definition) is 2. The first-order valence-electron chi connectivity index (χ1n) is 3.89. The normalized spacial score (nSPS) is 13.5. The van der Waals surface area contributed by atoms with E-state index in [-0.39, 0.29) is 0 Å². The van der Waals surface area contributed by atoms with Gasteiger partial charge in [-0.15, -0.1) is 0 Å². The fourth-order valence-electron chi connectivity index (χ4n) is 0.592. The number of rotatable bonds is 6. The van der Waals surface area contributed by atoms with Gasteiger partial charge in [0.05, 0.1) is 4.05 Å². The maximum absolute atomic E-state index is 3.34. The minimum atomic E-state index is 0.613. The Labute approximate surface area is 77.3 Å². The summed E-state index contributed by atoms with van der Waals surface area (Å²) in [6.45, 7) is 6.41. The van der Waals surface area contributed by atoms with Crippen LogP contribution in [0.15, 0.2) is 0 Å². The minimum absolute atomic E-state index is 0.613. The molecule has 0 bridgehead atoms. The number of hydrogen-bond acceptors (Lipinski definition) is 2. The van der Waals surface area contributed by atoms with Crippen molar-refractivity contribution in [1.29, 1.82) is 0 Å². The molecular formula is C7H17IN2. The number of nitrogens with one attached hydrogen (secondary N) is 2. The van der Waals surface area contributed by atoms with E-state index in [1.807, 2.05) is 0 Å². The van der Waals surface area contributed by atoms with Gasteiger partial charge in [0.25, 0.3) is 0 Å². The Kier molecular flexibility index (Phi) is 8.26. The summed E-state index contributed by atoms with van der Waals surface area (Å²) in [5.41, 5.74) is 0. The van der Waals surface area contributed by atoms with Crippen molar-refractivity contribution in [3.63, 3.8) is 0 Å². The van der Waals surface area contributed by atoms with Crippen molar-refractivity contribution in [2.24, 2.45) is 0 Å². The monoisotopic (exact) mass is 256 g/mol. The third-order valence-electron chi connectivity index (χ3n) is 1.23. The molecule has 0 aliphatic carbocycles. The molecule has 2 N–H and O–H groups in total. The maximum atomic E-state index is 3.34. The van der Waals surface area contributed by atoms with Crippen molar-refractivity contribution in [2.45, 2.75) is 30.7 Å². The second-order valence-electron chi connectivity index (χ2n) is 2.26. The highest BCUT2D eigenvalue weighted by molar-refractivity contribution is 14.1. The van der Waals surface area contributed by atoms with Crippen LogP contribution in [0.25, 0.3) is 0 Å². The molecule has 0 saturated carbocycles. The zero-order valence-electron chi connectivity index (χ0n) is 6.78. The number of halogens is 1.